The Morgan fingerprint density at radius 1 is 1.35 bits per heavy atom. The Labute approximate surface area is 134 Å². The largest absolute Gasteiger partial charge is 0.504 e. The topological polar surface area (TPSA) is 76.1 Å². The summed E-state index contributed by atoms with van der Waals surface area (Å²) in [6.45, 7) is 4.01. The van der Waals surface area contributed by atoms with E-state index in [9.17, 15) is 14.7 Å². The first-order valence-corrected chi connectivity index (χ1v) is 7.14. The van der Waals surface area contributed by atoms with Gasteiger partial charge in [-0.3, -0.25) is 4.79 Å². The molecule has 0 radical (unpaired) electrons. The summed E-state index contributed by atoms with van der Waals surface area (Å²) in [6, 6.07) is 4.70. The molecule has 1 aliphatic rings. The average molecular weight is 317 g/mol. The molecule has 2 rings (SSSR count). The number of allylic oxidation sites excluding steroid dienone is 1. The van der Waals surface area contributed by atoms with Gasteiger partial charge in [0, 0.05) is 12.2 Å². The van der Waals surface area contributed by atoms with E-state index >= 15 is 0 Å². The van der Waals surface area contributed by atoms with E-state index in [0.717, 1.165) is 0 Å². The van der Waals surface area contributed by atoms with Crippen LogP contribution in [0.3, 0.4) is 0 Å². The van der Waals surface area contributed by atoms with E-state index in [1.807, 2.05) is 6.92 Å². The van der Waals surface area contributed by atoms with Crippen molar-refractivity contribution in [3.63, 3.8) is 0 Å². The molecule has 0 bridgehead atoms. The van der Waals surface area contributed by atoms with E-state index < -0.39 is 5.97 Å². The summed E-state index contributed by atoms with van der Waals surface area (Å²) in [5, 5.41) is 9.64. The third-order valence-electron chi connectivity index (χ3n) is 3.73. The van der Waals surface area contributed by atoms with Crippen LogP contribution in [0, 0.1) is 0 Å². The monoisotopic (exact) mass is 317 g/mol. The van der Waals surface area contributed by atoms with Crippen LogP contribution in [0.15, 0.2) is 35.0 Å². The van der Waals surface area contributed by atoms with Crippen LogP contribution >= 0.6 is 0 Å². The van der Waals surface area contributed by atoms with Gasteiger partial charge in [-0.15, -0.1) is 0 Å². The predicted molar refractivity (Wildman–Crippen MR) is 84.7 cm³/mol. The van der Waals surface area contributed by atoms with Crippen molar-refractivity contribution in [3.8, 4) is 11.5 Å². The van der Waals surface area contributed by atoms with Gasteiger partial charge in [0.2, 0.25) is 0 Å². The number of likely N-dealkylation sites (N-methyl/N-ethyl adjacent to an activating group) is 1. The van der Waals surface area contributed by atoms with E-state index in [2.05, 4.69) is 0 Å². The van der Waals surface area contributed by atoms with Gasteiger partial charge in [0.15, 0.2) is 11.5 Å². The van der Waals surface area contributed by atoms with Crippen molar-refractivity contribution in [3.05, 3.63) is 40.6 Å². The van der Waals surface area contributed by atoms with Gasteiger partial charge >= 0.3 is 5.97 Å². The number of benzene rings is 1. The van der Waals surface area contributed by atoms with Crippen molar-refractivity contribution >= 4 is 18.0 Å². The SMILES string of the molecule is CCN1C(=O)/C(=C\c2ccc(O)c(OC)c2)C(C(=O)OC)=C1C. The summed E-state index contributed by atoms with van der Waals surface area (Å²) in [5.41, 5.74) is 1.73. The van der Waals surface area contributed by atoms with Crippen molar-refractivity contribution in [1.82, 2.24) is 4.90 Å². The number of amides is 1. The first-order chi connectivity index (χ1) is 10.9. The molecule has 0 saturated heterocycles. The molecule has 0 aromatic heterocycles. The second-order valence-corrected chi connectivity index (χ2v) is 4.99. The molecule has 1 heterocycles. The molecular formula is C17H19NO5. The van der Waals surface area contributed by atoms with Gasteiger partial charge in [0.1, 0.15) is 0 Å². The number of phenols is 1. The Morgan fingerprint density at radius 2 is 2.04 bits per heavy atom. The lowest BCUT2D eigenvalue weighted by Gasteiger charge is -2.14. The summed E-state index contributed by atoms with van der Waals surface area (Å²) in [7, 11) is 2.72. The average Bonchev–Trinajstić information content (AvgIpc) is 2.78. The molecule has 1 aromatic carbocycles. The molecule has 1 aromatic rings. The smallest absolute Gasteiger partial charge is 0.340 e. The summed E-state index contributed by atoms with van der Waals surface area (Å²) in [4.78, 5) is 26.1. The number of esters is 1. The number of hydrogen-bond donors (Lipinski definition) is 1. The molecule has 0 spiro atoms. The van der Waals surface area contributed by atoms with Crippen molar-refractivity contribution in [1.29, 1.82) is 0 Å². The summed E-state index contributed by atoms with van der Waals surface area (Å²) < 4.78 is 9.85. The van der Waals surface area contributed by atoms with Crippen molar-refractivity contribution in [2.45, 2.75) is 13.8 Å². The molecule has 0 atom stereocenters. The van der Waals surface area contributed by atoms with E-state index in [-0.39, 0.29) is 28.6 Å². The minimum Gasteiger partial charge on any atom is -0.504 e. The molecular weight excluding hydrogens is 298 g/mol. The first-order valence-electron chi connectivity index (χ1n) is 7.14. The fraction of sp³-hybridized carbons (Fsp3) is 0.294. The van der Waals surface area contributed by atoms with Gasteiger partial charge in [-0.05, 0) is 37.6 Å². The maximum atomic E-state index is 12.5. The third-order valence-corrected chi connectivity index (χ3v) is 3.73. The molecule has 1 N–H and O–H groups in total. The first kappa shape index (κ1) is 16.6. The molecule has 23 heavy (non-hydrogen) atoms. The zero-order valence-corrected chi connectivity index (χ0v) is 13.5. The number of methoxy groups -OCH3 is 2. The van der Waals surface area contributed by atoms with Gasteiger partial charge < -0.3 is 19.5 Å². The van der Waals surface area contributed by atoms with E-state index in [1.54, 1.807) is 25.1 Å². The number of hydrogen-bond acceptors (Lipinski definition) is 5. The summed E-state index contributed by atoms with van der Waals surface area (Å²) >= 11 is 0. The van der Waals surface area contributed by atoms with Crippen molar-refractivity contribution in [2.24, 2.45) is 0 Å². The number of nitrogens with zero attached hydrogens (tertiary/aromatic N) is 1. The van der Waals surface area contributed by atoms with E-state index in [1.165, 1.54) is 25.2 Å². The lowest BCUT2D eigenvalue weighted by Crippen LogP contribution is -2.24. The zero-order chi connectivity index (χ0) is 17.1. The molecule has 0 aliphatic carbocycles. The lowest BCUT2D eigenvalue weighted by atomic mass is 10.0. The third kappa shape index (κ3) is 2.92. The summed E-state index contributed by atoms with van der Waals surface area (Å²) in [5.74, 6) is -0.513. The van der Waals surface area contributed by atoms with E-state index in [4.69, 9.17) is 9.47 Å². The second-order valence-electron chi connectivity index (χ2n) is 4.99. The van der Waals surface area contributed by atoms with Crippen LogP contribution in [0.4, 0.5) is 0 Å². The normalized spacial score (nSPS) is 16.3. The van der Waals surface area contributed by atoms with Gasteiger partial charge in [-0.25, -0.2) is 4.79 Å². The molecule has 6 nitrogen and oxygen atoms in total. The highest BCUT2D eigenvalue weighted by Crippen LogP contribution is 2.33. The molecule has 0 fully saturated rings. The van der Waals surface area contributed by atoms with Crippen LogP contribution in [0.5, 0.6) is 11.5 Å². The second kappa shape index (κ2) is 6.56. The van der Waals surface area contributed by atoms with Crippen molar-refractivity contribution < 1.29 is 24.2 Å². The molecule has 122 valence electrons. The predicted octanol–water partition coefficient (Wildman–Crippen LogP) is 2.09. The molecule has 0 saturated carbocycles. The molecule has 1 aliphatic heterocycles. The minimum atomic E-state index is -0.552. The molecule has 0 unspecified atom stereocenters. The van der Waals surface area contributed by atoms with Gasteiger partial charge in [-0.2, -0.15) is 0 Å². The highest BCUT2D eigenvalue weighted by atomic mass is 16.5. The number of carbonyl (C=O) groups excluding carboxylic acids is 2. The quantitative estimate of drug-likeness (QED) is 0.680. The number of aromatic hydroxyl groups is 1. The van der Waals surface area contributed by atoms with Crippen LogP contribution in [0.2, 0.25) is 0 Å². The lowest BCUT2D eigenvalue weighted by molar-refractivity contribution is -0.136. The highest BCUT2D eigenvalue weighted by Gasteiger charge is 2.36. The Morgan fingerprint density at radius 3 is 2.61 bits per heavy atom. The Hall–Kier alpha value is -2.76. The Balaban J connectivity index is 2.55. The van der Waals surface area contributed by atoms with Crippen LogP contribution < -0.4 is 4.74 Å². The zero-order valence-electron chi connectivity index (χ0n) is 13.5. The number of phenolic OH excluding ortho intramolecular Hbond substituents is 1. The maximum absolute atomic E-state index is 12.5. The number of rotatable bonds is 4. The fourth-order valence-electron chi connectivity index (χ4n) is 2.56. The van der Waals surface area contributed by atoms with Gasteiger partial charge in [0.25, 0.3) is 5.91 Å². The van der Waals surface area contributed by atoms with Crippen LogP contribution in [-0.4, -0.2) is 42.6 Å². The summed E-state index contributed by atoms with van der Waals surface area (Å²) in [6.07, 6.45) is 1.59. The van der Waals surface area contributed by atoms with Gasteiger partial charge in [0.05, 0.1) is 25.4 Å². The van der Waals surface area contributed by atoms with E-state index in [0.29, 0.717) is 17.8 Å². The van der Waals surface area contributed by atoms with Gasteiger partial charge in [-0.1, -0.05) is 6.07 Å². The van der Waals surface area contributed by atoms with Crippen LogP contribution in [0.1, 0.15) is 19.4 Å². The minimum absolute atomic E-state index is 0.00231. The Kier molecular flexibility index (Phi) is 4.74. The fourth-order valence-corrected chi connectivity index (χ4v) is 2.56. The Bertz CT molecular complexity index is 718. The van der Waals surface area contributed by atoms with Crippen LogP contribution in [-0.2, 0) is 14.3 Å². The highest BCUT2D eigenvalue weighted by molar-refractivity contribution is 6.16. The molecule has 6 heteroatoms. The van der Waals surface area contributed by atoms with Crippen LogP contribution in [0.25, 0.3) is 6.08 Å². The maximum Gasteiger partial charge on any atom is 0.340 e. The number of ether oxygens (including phenoxy) is 2. The number of carbonyl (C=O) groups is 2. The van der Waals surface area contributed by atoms with Crippen molar-refractivity contribution in [2.75, 3.05) is 20.8 Å². The molecule has 1 amide bonds. The standard InChI is InChI=1S/C17H19NO5/c1-5-18-10(2)15(17(21)23-4)12(16(18)20)8-11-6-7-13(19)14(9-11)22-3/h6-9,19H,5H2,1-4H3/b12-8-.